The number of nitrogens with two attached hydrogens (primary N) is 1. The first-order chi connectivity index (χ1) is 24.0. The van der Waals surface area contributed by atoms with Crippen LogP contribution in [-0.2, 0) is 31.4 Å². The molecule has 1 atom stereocenters. The summed E-state index contributed by atoms with van der Waals surface area (Å²) in [7, 11) is -1.92. The van der Waals surface area contributed by atoms with E-state index >= 15 is 0 Å². The van der Waals surface area contributed by atoms with Crippen molar-refractivity contribution >= 4 is 44.7 Å². The molecular formula is C35H45N7O7S. The number of imide groups is 1. The molecule has 7 rings (SSSR count). The van der Waals surface area contributed by atoms with E-state index < -0.39 is 28.1 Å². The van der Waals surface area contributed by atoms with Crippen LogP contribution in [0.3, 0.4) is 0 Å². The van der Waals surface area contributed by atoms with Crippen LogP contribution in [0.1, 0.15) is 68.9 Å². The van der Waals surface area contributed by atoms with Gasteiger partial charge in [-0.1, -0.05) is 18.2 Å². The quantitative estimate of drug-likeness (QED) is 0.351. The standard InChI is InChI=1S/C35H45N7O7S/c1-38-32-28(6-3-7-29(32)42(35(38)46)30-8-9-31(43)37-33(30)44)23-10-16-39(17-11-23)24-12-18-40(19-13-24)25-4-2-5-27(22-25)50(47,48)41-20-14-26(15-21-41)49-34(36)45/h2-7,22-24,26,30H,8-21H2,1H3,(H2,36,45)(H,37,43,44). The van der Waals surface area contributed by atoms with Gasteiger partial charge in [-0.15, -0.1) is 0 Å². The van der Waals surface area contributed by atoms with E-state index in [4.69, 9.17) is 10.5 Å². The van der Waals surface area contributed by atoms with Gasteiger partial charge >= 0.3 is 11.8 Å². The lowest BCUT2D eigenvalue weighted by Gasteiger charge is -2.42. The Bertz CT molecular complexity index is 1950. The number of aryl methyl sites for hydroxylation is 1. The maximum absolute atomic E-state index is 13.5. The van der Waals surface area contributed by atoms with Crippen molar-refractivity contribution in [1.82, 2.24) is 23.7 Å². The van der Waals surface area contributed by atoms with Crippen molar-refractivity contribution in [1.29, 1.82) is 0 Å². The summed E-state index contributed by atoms with van der Waals surface area (Å²) in [4.78, 5) is 54.0. The van der Waals surface area contributed by atoms with Crippen molar-refractivity contribution in [2.45, 2.75) is 80.4 Å². The third-order valence-corrected chi connectivity index (χ3v) is 13.0. The van der Waals surface area contributed by atoms with Gasteiger partial charge in [0.2, 0.25) is 21.8 Å². The molecule has 4 aliphatic rings. The molecule has 3 aromatic rings. The highest BCUT2D eigenvalue weighted by Crippen LogP contribution is 2.36. The van der Waals surface area contributed by atoms with E-state index in [2.05, 4.69) is 21.2 Å². The number of carbonyl (C=O) groups excluding carboxylic acids is 3. The highest BCUT2D eigenvalue weighted by Gasteiger charge is 2.35. The van der Waals surface area contributed by atoms with Gasteiger partial charge in [-0.25, -0.2) is 18.0 Å². The lowest BCUT2D eigenvalue weighted by atomic mass is 9.87. The minimum atomic E-state index is -3.68. The fourth-order valence-corrected chi connectivity index (χ4v) is 9.95. The van der Waals surface area contributed by atoms with Gasteiger partial charge in [0.25, 0.3) is 0 Å². The molecular weight excluding hydrogens is 662 g/mol. The van der Waals surface area contributed by atoms with E-state index in [0.717, 1.165) is 74.1 Å². The Morgan fingerprint density at radius 1 is 0.880 bits per heavy atom. The number of para-hydroxylation sites is 1. The number of likely N-dealkylation sites (tertiary alicyclic amines) is 1. The van der Waals surface area contributed by atoms with Crippen LogP contribution in [0.25, 0.3) is 11.0 Å². The van der Waals surface area contributed by atoms with Gasteiger partial charge in [-0.2, -0.15) is 4.31 Å². The van der Waals surface area contributed by atoms with Crippen LogP contribution >= 0.6 is 0 Å². The molecule has 268 valence electrons. The maximum atomic E-state index is 13.5. The molecule has 1 unspecified atom stereocenters. The summed E-state index contributed by atoms with van der Waals surface area (Å²) in [6.45, 7) is 4.10. The van der Waals surface area contributed by atoms with Gasteiger partial charge in [-0.3, -0.25) is 24.0 Å². The topological polar surface area (TPSA) is 169 Å². The zero-order valence-electron chi connectivity index (χ0n) is 28.3. The lowest BCUT2D eigenvalue weighted by molar-refractivity contribution is -0.135. The number of imidazole rings is 1. The van der Waals surface area contributed by atoms with E-state index in [1.807, 2.05) is 18.2 Å². The number of piperidine rings is 4. The molecule has 4 saturated heterocycles. The van der Waals surface area contributed by atoms with Crippen molar-refractivity contribution in [3.05, 3.63) is 58.5 Å². The largest absolute Gasteiger partial charge is 0.446 e. The van der Waals surface area contributed by atoms with Crippen molar-refractivity contribution in [3.63, 3.8) is 0 Å². The average Bonchev–Trinajstić information content (AvgIpc) is 3.37. The predicted molar refractivity (Wildman–Crippen MR) is 186 cm³/mol. The Morgan fingerprint density at radius 2 is 1.58 bits per heavy atom. The van der Waals surface area contributed by atoms with E-state index in [0.29, 0.717) is 25.3 Å². The monoisotopic (exact) mass is 707 g/mol. The van der Waals surface area contributed by atoms with E-state index in [1.54, 1.807) is 34.4 Å². The van der Waals surface area contributed by atoms with Crippen LogP contribution in [-0.4, -0.2) is 96.1 Å². The molecule has 3 N–H and O–H groups in total. The summed E-state index contributed by atoms with van der Waals surface area (Å²) in [5, 5.41) is 2.39. The molecule has 2 aromatic carbocycles. The molecule has 3 amide bonds. The number of anilines is 1. The van der Waals surface area contributed by atoms with Crippen molar-refractivity contribution in [3.8, 4) is 0 Å². The van der Waals surface area contributed by atoms with Gasteiger partial charge in [0.05, 0.1) is 15.9 Å². The van der Waals surface area contributed by atoms with Crippen molar-refractivity contribution in [2.24, 2.45) is 12.8 Å². The maximum Gasteiger partial charge on any atom is 0.404 e. The van der Waals surface area contributed by atoms with Crippen molar-refractivity contribution in [2.75, 3.05) is 44.2 Å². The van der Waals surface area contributed by atoms with Gasteiger partial charge in [-0.05, 0) is 93.8 Å². The third-order valence-electron chi connectivity index (χ3n) is 11.1. The summed E-state index contributed by atoms with van der Waals surface area (Å²) in [6.07, 6.45) is 4.04. The lowest BCUT2D eigenvalue weighted by Crippen LogP contribution is -2.47. The van der Waals surface area contributed by atoms with Crippen LogP contribution in [0.15, 0.2) is 52.2 Å². The van der Waals surface area contributed by atoms with E-state index in [1.165, 1.54) is 4.31 Å². The predicted octanol–water partition coefficient (Wildman–Crippen LogP) is 2.41. The first-order valence-corrected chi connectivity index (χ1v) is 19.0. The SMILES string of the molecule is Cn1c(=O)n(C2CCC(=O)NC2=O)c2cccc(C3CCN(C4CCN(c5cccc(S(=O)(=O)N6CCC(OC(N)=O)CC6)c5)CC4)CC3)c21. The minimum absolute atomic E-state index is 0.210. The number of benzene rings is 2. The Kier molecular flexibility index (Phi) is 9.48. The average molecular weight is 708 g/mol. The second-order valence-corrected chi connectivity index (χ2v) is 15.9. The zero-order chi connectivity index (χ0) is 35.2. The molecule has 50 heavy (non-hydrogen) atoms. The Balaban J connectivity index is 0.965. The summed E-state index contributed by atoms with van der Waals surface area (Å²) < 4.78 is 36.7. The second-order valence-electron chi connectivity index (χ2n) is 14.0. The van der Waals surface area contributed by atoms with Gasteiger partial charge < -0.3 is 20.3 Å². The van der Waals surface area contributed by atoms with Gasteiger partial charge in [0, 0.05) is 51.4 Å². The summed E-state index contributed by atoms with van der Waals surface area (Å²) >= 11 is 0. The summed E-state index contributed by atoms with van der Waals surface area (Å²) in [6, 6.07) is 12.9. The van der Waals surface area contributed by atoms with E-state index in [9.17, 15) is 27.6 Å². The highest BCUT2D eigenvalue weighted by atomic mass is 32.2. The number of nitrogens with zero attached hydrogens (tertiary/aromatic N) is 5. The molecule has 0 radical (unpaired) electrons. The smallest absolute Gasteiger partial charge is 0.404 e. The number of sulfonamides is 1. The molecule has 4 fully saturated rings. The first kappa shape index (κ1) is 34.2. The summed E-state index contributed by atoms with van der Waals surface area (Å²) in [5.74, 6) is -0.449. The zero-order valence-corrected chi connectivity index (χ0v) is 29.1. The van der Waals surface area contributed by atoms with Crippen LogP contribution in [0.5, 0.6) is 0 Å². The molecule has 0 saturated carbocycles. The van der Waals surface area contributed by atoms with Crippen LogP contribution in [0.2, 0.25) is 0 Å². The molecule has 0 bridgehead atoms. The highest BCUT2D eigenvalue weighted by molar-refractivity contribution is 7.89. The number of ether oxygens (including phenoxy) is 1. The van der Waals surface area contributed by atoms with Crippen LogP contribution in [0, 0.1) is 0 Å². The number of primary amides is 1. The van der Waals surface area contributed by atoms with Gasteiger partial charge in [0.15, 0.2) is 0 Å². The number of fused-ring (bicyclic) bond motifs is 1. The van der Waals surface area contributed by atoms with E-state index in [-0.39, 0.29) is 48.0 Å². The number of rotatable bonds is 7. The number of amides is 3. The normalized spacial score (nSPS) is 22.6. The minimum Gasteiger partial charge on any atom is -0.446 e. The van der Waals surface area contributed by atoms with Crippen molar-refractivity contribution < 1.29 is 27.5 Å². The number of hydrogen-bond donors (Lipinski definition) is 2. The molecule has 0 spiro atoms. The molecule has 15 heteroatoms. The molecule has 5 heterocycles. The number of nitrogens with one attached hydrogen (secondary N) is 1. The molecule has 1 aromatic heterocycles. The van der Waals surface area contributed by atoms with Crippen LogP contribution < -0.4 is 21.6 Å². The number of carbonyl (C=O) groups is 3. The summed E-state index contributed by atoms with van der Waals surface area (Å²) in [5.41, 5.74) is 8.50. The Hall–Kier alpha value is -4.21. The van der Waals surface area contributed by atoms with Gasteiger partial charge in [0.1, 0.15) is 12.1 Å². The Labute approximate surface area is 291 Å². The molecule has 0 aliphatic carbocycles. The fraction of sp³-hybridized carbons (Fsp3) is 0.543. The molecule has 4 aliphatic heterocycles. The Morgan fingerprint density at radius 3 is 2.26 bits per heavy atom. The van der Waals surface area contributed by atoms with Crippen LogP contribution in [0.4, 0.5) is 10.5 Å². The number of hydrogen-bond acceptors (Lipinski definition) is 9. The second kappa shape index (κ2) is 13.8. The fourth-order valence-electron chi connectivity index (χ4n) is 8.44. The number of aromatic nitrogens is 2. The first-order valence-electron chi connectivity index (χ1n) is 17.6. The molecule has 14 nitrogen and oxygen atoms in total. The third kappa shape index (κ3) is 6.53.